The van der Waals surface area contributed by atoms with Crippen molar-refractivity contribution in [1.82, 2.24) is 20.9 Å². The van der Waals surface area contributed by atoms with Gasteiger partial charge in [0.05, 0.1) is 0 Å². The molecule has 0 spiro atoms. The highest BCUT2D eigenvalue weighted by Gasteiger charge is 2.39. The van der Waals surface area contributed by atoms with E-state index in [1.165, 1.54) is 19.3 Å². The van der Waals surface area contributed by atoms with E-state index >= 15 is 0 Å². The predicted molar refractivity (Wildman–Crippen MR) is 118 cm³/mol. The first-order valence-electron chi connectivity index (χ1n) is 11.5. The molecule has 7 nitrogen and oxygen atoms in total. The van der Waals surface area contributed by atoms with Crippen molar-refractivity contribution in [2.45, 2.75) is 77.0 Å². The summed E-state index contributed by atoms with van der Waals surface area (Å²) < 4.78 is 0. The summed E-state index contributed by atoms with van der Waals surface area (Å²) in [7, 11) is 0. The van der Waals surface area contributed by atoms with Gasteiger partial charge in [-0.05, 0) is 82.2 Å². The van der Waals surface area contributed by atoms with E-state index < -0.39 is 6.04 Å². The minimum atomic E-state index is -0.562. The molecule has 3 heterocycles. The fraction of sp³-hybridized carbons (Fsp3) is 0.625. The Labute approximate surface area is 184 Å². The SMILES string of the molecule is CC(C)(CCC1CCNCC1)NCc1ccc2c(c1)CN(C1CCC(=O)NC1=O)C2=O. The average Bonchev–Trinajstić information content (AvgIpc) is 3.07. The first-order valence-corrected chi connectivity index (χ1v) is 11.5. The van der Waals surface area contributed by atoms with Gasteiger partial charge in [0.2, 0.25) is 11.8 Å². The van der Waals surface area contributed by atoms with Crippen LogP contribution in [0.15, 0.2) is 18.2 Å². The third-order valence-electron chi connectivity index (χ3n) is 7.00. The first kappa shape index (κ1) is 22.0. The maximum atomic E-state index is 12.8. The van der Waals surface area contributed by atoms with Gasteiger partial charge in [-0.25, -0.2) is 0 Å². The van der Waals surface area contributed by atoms with Gasteiger partial charge in [0.25, 0.3) is 5.91 Å². The summed E-state index contributed by atoms with van der Waals surface area (Å²) in [5.41, 5.74) is 2.82. The summed E-state index contributed by atoms with van der Waals surface area (Å²) in [5.74, 6) is 0.0780. The van der Waals surface area contributed by atoms with Gasteiger partial charge in [-0.2, -0.15) is 0 Å². The smallest absolute Gasteiger partial charge is 0.255 e. The molecule has 4 rings (SSSR count). The average molecular weight is 427 g/mol. The Balaban J connectivity index is 1.33. The van der Waals surface area contributed by atoms with Crippen LogP contribution in [0.1, 0.15) is 73.9 Å². The van der Waals surface area contributed by atoms with E-state index in [1.807, 2.05) is 12.1 Å². The normalized spacial score (nSPS) is 22.6. The molecule has 2 fully saturated rings. The van der Waals surface area contributed by atoms with Gasteiger partial charge >= 0.3 is 0 Å². The minimum absolute atomic E-state index is 0.0540. The van der Waals surface area contributed by atoms with Crippen LogP contribution in [0.4, 0.5) is 0 Å². The molecule has 1 atom stereocenters. The van der Waals surface area contributed by atoms with Crippen molar-refractivity contribution < 1.29 is 14.4 Å². The molecule has 7 heteroatoms. The molecule has 0 radical (unpaired) electrons. The number of carbonyl (C=O) groups is 3. The van der Waals surface area contributed by atoms with E-state index in [9.17, 15) is 14.4 Å². The van der Waals surface area contributed by atoms with Crippen LogP contribution in [-0.2, 0) is 22.7 Å². The molecule has 2 saturated heterocycles. The molecule has 1 unspecified atom stereocenters. The van der Waals surface area contributed by atoms with Gasteiger partial charge in [-0.1, -0.05) is 12.1 Å². The predicted octanol–water partition coefficient (Wildman–Crippen LogP) is 2.10. The lowest BCUT2D eigenvalue weighted by molar-refractivity contribution is -0.136. The van der Waals surface area contributed by atoms with Crippen LogP contribution in [0.25, 0.3) is 0 Å². The van der Waals surface area contributed by atoms with Crippen LogP contribution in [-0.4, -0.2) is 47.3 Å². The highest BCUT2D eigenvalue weighted by Crippen LogP contribution is 2.29. The Bertz CT molecular complexity index is 860. The zero-order valence-corrected chi connectivity index (χ0v) is 18.6. The number of hydrogen-bond donors (Lipinski definition) is 3. The van der Waals surface area contributed by atoms with Gasteiger partial charge in [-0.3, -0.25) is 19.7 Å². The molecular weight excluding hydrogens is 392 g/mol. The molecular formula is C24H34N4O3. The fourth-order valence-corrected chi connectivity index (χ4v) is 4.90. The quantitative estimate of drug-likeness (QED) is 0.581. The standard InChI is InChI=1S/C24H34N4O3/c1-24(2,10-7-16-8-11-25-12-9-16)26-14-17-3-4-19-18(13-17)15-28(23(19)31)20-5-6-21(29)27-22(20)30/h3-4,13,16,20,25-26H,5-12,14-15H2,1-2H3,(H,27,29,30). The van der Waals surface area contributed by atoms with Gasteiger partial charge in [-0.15, -0.1) is 0 Å². The highest BCUT2D eigenvalue weighted by molar-refractivity contribution is 6.05. The third-order valence-corrected chi connectivity index (χ3v) is 7.00. The number of rotatable bonds is 7. The van der Waals surface area contributed by atoms with Gasteiger partial charge < -0.3 is 15.5 Å². The monoisotopic (exact) mass is 426 g/mol. The van der Waals surface area contributed by atoms with E-state index in [-0.39, 0.29) is 29.7 Å². The lowest BCUT2D eigenvalue weighted by Crippen LogP contribution is -2.52. The van der Waals surface area contributed by atoms with E-state index in [0.717, 1.165) is 43.1 Å². The van der Waals surface area contributed by atoms with Crippen molar-refractivity contribution in [3.05, 3.63) is 34.9 Å². The first-order chi connectivity index (χ1) is 14.8. The lowest BCUT2D eigenvalue weighted by Gasteiger charge is -2.30. The van der Waals surface area contributed by atoms with Crippen molar-refractivity contribution in [2.75, 3.05) is 13.1 Å². The van der Waals surface area contributed by atoms with Crippen molar-refractivity contribution in [2.24, 2.45) is 5.92 Å². The molecule has 0 aromatic heterocycles. The molecule has 168 valence electrons. The Morgan fingerprint density at radius 3 is 2.65 bits per heavy atom. The summed E-state index contributed by atoms with van der Waals surface area (Å²) in [4.78, 5) is 38.1. The maximum absolute atomic E-state index is 12.8. The molecule has 3 aliphatic heterocycles. The number of piperidine rings is 2. The third kappa shape index (κ3) is 5.15. The van der Waals surface area contributed by atoms with Gasteiger partial charge in [0.15, 0.2) is 0 Å². The Morgan fingerprint density at radius 1 is 1.13 bits per heavy atom. The van der Waals surface area contributed by atoms with Crippen molar-refractivity contribution >= 4 is 17.7 Å². The number of nitrogens with zero attached hydrogens (tertiary/aromatic N) is 1. The Morgan fingerprint density at radius 2 is 1.90 bits per heavy atom. The number of nitrogens with one attached hydrogen (secondary N) is 3. The largest absolute Gasteiger partial charge is 0.322 e. The number of carbonyl (C=O) groups excluding carboxylic acids is 3. The molecule has 3 amide bonds. The number of imide groups is 1. The van der Waals surface area contributed by atoms with E-state index in [1.54, 1.807) is 4.90 Å². The molecule has 3 N–H and O–H groups in total. The van der Waals surface area contributed by atoms with E-state index in [4.69, 9.17) is 0 Å². The summed E-state index contributed by atoms with van der Waals surface area (Å²) in [6.07, 6.45) is 5.62. The second-order valence-corrected chi connectivity index (χ2v) is 9.86. The summed E-state index contributed by atoms with van der Waals surface area (Å²) in [6, 6.07) is 5.39. The van der Waals surface area contributed by atoms with Crippen LogP contribution in [0, 0.1) is 5.92 Å². The number of amides is 3. The molecule has 0 aliphatic carbocycles. The zero-order chi connectivity index (χ0) is 22.0. The van der Waals surface area contributed by atoms with Crippen LogP contribution in [0.5, 0.6) is 0 Å². The summed E-state index contributed by atoms with van der Waals surface area (Å²) >= 11 is 0. The van der Waals surface area contributed by atoms with Crippen LogP contribution in [0.3, 0.4) is 0 Å². The zero-order valence-electron chi connectivity index (χ0n) is 18.6. The number of fused-ring (bicyclic) bond motifs is 1. The molecule has 0 bridgehead atoms. The van der Waals surface area contributed by atoms with E-state index in [2.05, 4.69) is 35.9 Å². The van der Waals surface area contributed by atoms with Crippen LogP contribution < -0.4 is 16.0 Å². The van der Waals surface area contributed by atoms with E-state index in [0.29, 0.717) is 18.5 Å². The van der Waals surface area contributed by atoms with Crippen molar-refractivity contribution in [1.29, 1.82) is 0 Å². The fourth-order valence-electron chi connectivity index (χ4n) is 4.90. The Kier molecular flexibility index (Phi) is 6.44. The van der Waals surface area contributed by atoms with Crippen molar-refractivity contribution in [3.63, 3.8) is 0 Å². The van der Waals surface area contributed by atoms with Gasteiger partial charge in [0.1, 0.15) is 6.04 Å². The van der Waals surface area contributed by atoms with Gasteiger partial charge in [0, 0.05) is 30.6 Å². The molecule has 0 saturated carbocycles. The number of benzene rings is 1. The molecule has 1 aromatic rings. The second-order valence-electron chi connectivity index (χ2n) is 9.86. The second kappa shape index (κ2) is 9.09. The van der Waals surface area contributed by atoms with Crippen LogP contribution in [0.2, 0.25) is 0 Å². The molecule has 1 aromatic carbocycles. The Hall–Kier alpha value is -2.25. The van der Waals surface area contributed by atoms with Crippen molar-refractivity contribution in [3.8, 4) is 0 Å². The summed E-state index contributed by atoms with van der Waals surface area (Å²) in [5, 5.41) is 9.47. The topological polar surface area (TPSA) is 90.5 Å². The number of hydrogen-bond acceptors (Lipinski definition) is 5. The summed E-state index contributed by atoms with van der Waals surface area (Å²) in [6.45, 7) is 7.97. The lowest BCUT2D eigenvalue weighted by atomic mass is 9.87. The highest BCUT2D eigenvalue weighted by atomic mass is 16.2. The molecule has 3 aliphatic rings. The maximum Gasteiger partial charge on any atom is 0.255 e. The van der Waals surface area contributed by atoms with Crippen LogP contribution >= 0.6 is 0 Å². The molecule has 31 heavy (non-hydrogen) atoms. The minimum Gasteiger partial charge on any atom is -0.322 e.